The van der Waals surface area contributed by atoms with Crippen LogP contribution in [0.5, 0.6) is 0 Å². The van der Waals surface area contributed by atoms with Gasteiger partial charge in [0.1, 0.15) is 0 Å². The van der Waals surface area contributed by atoms with E-state index in [2.05, 4.69) is 41.8 Å². The Hall–Kier alpha value is -4.66. The molecule has 160 valence electrons. The average molecular weight is 426 g/mol. The van der Waals surface area contributed by atoms with Crippen molar-refractivity contribution < 1.29 is 4.79 Å². The molecule has 32 heavy (non-hydrogen) atoms. The molecule has 0 atom stereocenters. The molecule has 0 aliphatic rings. The van der Waals surface area contributed by atoms with Crippen molar-refractivity contribution in [2.45, 2.75) is 6.92 Å². The van der Waals surface area contributed by atoms with Crippen molar-refractivity contribution in [3.05, 3.63) is 90.5 Å². The Morgan fingerprint density at radius 2 is 1.12 bits per heavy atom. The van der Waals surface area contributed by atoms with Crippen LogP contribution in [-0.2, 0) is 0 Å². The molecular formula is C23H22N8O. The van der Waals surface area contributed by atoms with E-state index in [-0.39, 0.29) is 5.95 Å². The zero-order valence-corrected chi connectivity index (χ0v) is 17.3. The molecule has 0 bridgehead atoms. The normalized spacial score (nSPS) is 10.2. The number of nitrogens with zero attached hydrogens (tertiary/aromatic N) is 3. The number of hydrazine groups is 1. The quantitative estimate of drug-likeness (QED) is 0.269. The van der Waals surface area contributed by atoms with Crippen molar-refractivity contribution >= 4 is 40.9 Å². The standard InChI is InChI=1S/C23H22N8O/c1-16-12-14-19(15-13-16)26-23(32)31-30-22-28-20(24-17-8-4-2-5-9-17)27-21(29-22)25-18-10-6-3-7-11-18/h2-15H,1H3,(H2,26,31,32)(H3,24,25,27,28,29,30). The first-order valence-corrected chi connectivity index (χ1v) is 9.94. The van der Waals surface area contributed by atoms with Gasteiger partial charge in [-0.3, -0.25) is 5.43 Å². The lowest BCUT2D eigenvalue weighted by molar-refractivity contribution is 0.253. The number of urea groups is 1. The molecule has 0 radical (unpaired) electrons. The van der Waals surface area contributed by atoms with E-state index in [1.54, 1.807) is 0 Å². The smallest absolute Gasteiger partial charge is 0.324 e. The molecule has 1 heterocycles. The highest BCUT2D eigenvalue weighted by Gasteiger charge is 2.09. The van der Waals surface area contributed by atoms with Crippen LogP contribution >= 0.6 is 0 Å². The van der Waals surface area contributed by atoms with Crippen LogP contribution in [0.2, 0.25) is 0 Å². The summed E-state index contributed by atoms with van der Waals surface area (Å²) >= 11 is 0. The highest BCUT2D eigenvalue weighted by Crippen LogP contribution is 2.18. The van der Waals surface area contributed by atoms with Crippen molar-refractivity contribution in [1.29, 1.82) is 0 Å². The van der Waals surface area contributed by atoms with Gasteiger partial charge in [0.2, 0.25) is 17.8 Å². The maximum absolute atomic E-state index is 12.2. The maximum Gasteiger partial charge on any atom is 0.337 e. The molecule has 0 saturated heterocycles. The number of benzene rings is 3. The Bertz CT molecular complexity index is 1110. The molecular weight excluding hydrogens is 404 g/mol. The zero-order chi connectivity index (χ0) is 22.2. The van der Waals surface area contributed by atoms with Crippen LogP contribution in [0.1, 0.15) is 5.56 Å². The molecule has 2 amide bonds. The second kappa shape index (κ2) is 9.90. The lowest BCUT2D eigenvalue weighted by atomic mass is 10.2. The Morgan fingerprint density at radius 1 is 0.625 bits per heavy atom. The fourth-order valence-corrected chi connectivity index (χ4v) is 2.76. The number of carbonyl (C=O) groups excluding carboxylic acids is 1. The van der Waals surface area contributed by atoms with Gasteiger partial charge in [-0.2, -0.15) is 15.0 Å². The molecule has 4 rings (SSSR count). The minimum absolute atomic E-state index is 0.163. The summed E-state index contributed by atoms with van der Waals surface area (Å²) in [5.41, 5.74) is 8.68. The number of rotatable bonds is 7. The van der Waals surface area contributed by atoms with E-state index in [0.717, 1.165) is 16.9 Å². The highest BCUT2D eigenvalue weighted by molar-refractivity contribution is 5.89. The van der Waals surface area contributed by atoms with Crippen LogP contribution in [-0.4, -0.2) is 21.0 Å². The number of anilines is 6. The molecule has 1 aromatic heterocycles. The third-order valence-corrected chi connectivity index (χ3v) is 4.29. The monoisotopic (exact) mass is 426 g/mol. The molecule has 0 saturated carbocycles. The summed E-state index contributed by atoms with van der Waals surface area (Å²) in [6, 6.07) is 26.1. The van der Waals surface area contributed by atoms with E-state index in [1.807, 2.05) is 91.9 Å². The molecule has 0 fully saturated rings. The number of aromatic nitrogens is 3. The van der Waals surface area contributed by atoms with E-state index in [1.165, 1.54) is 0 Å². The lowest BCUT2D eigenvalue weighted by Crippen LogP contribution is -2.34. The number of hydrogen-bond acceptors (Lipinski definition) is 7. The van der Waals surface area contributed by atoms with Gasteiger partial charge in [-0.05, 0) is 43.3 Å². The third kappa shape index (κ3) is 5.92. The van der Waals surface area contributed by atoms with E-state index in [4.69, 9.17) is 0 Å². The van der Waals surface area contributed by atoms with Crippen molar-refractivity contribution in [3.63, 3.8) is 0 Å². The van der Waals surface area contributed by atoms with Gasteiger partial charge in [-0.25, -0.2) is 10.2 Å². The predicted octanol–water partition coefficient (Wildman–Crippen LogP) is 4.82. The van der Waals surface area contributed by atoms with Crippen LogP contribution in [0.4, 0.5) is 39.7 Å². The highest BCUT2D eigenvalue weighted by atomic mass is 16.2. The predicted molar refractivity (Wildman–Crippen MR) is 126 cm³/mol. The van der Waals surface area contributed by atoms with Gasteiger partial charge < -0.3 is 16.0 Å². The van der Waals surface area contributed by atoms with Crippen LogP contribution in [0.3, 0.4) is 0 Å². The van der Waals surface area contributed by atoms with Gasteiger partial charge in [0.25, 0.3) is 0 Å². The maximum atomic E-state index is 12.2. The summed E-state index contributed by atoms with van der Waals surface area (Å²) < 4.78 is 0. The number of aryl methyl sites for hydroxylation is 1. The van der Waals surface area contributed by atoms with Gasteiger partial charge in [-0.15, -0.1) is 0 Å². The summed E-state index contributed by atoms with van der Waals surface area (Å²) in [6.45, 7) is 1.98. The molecule has 3 aromatic carbocycles. The molecule has 9 nitrogen and oxygen atoms in total. The largest absolute Gasteiger partial charge is 0.337 e. The molecule has 0 aliphatic carbocycles. The van der Waals surface area contributed by atoms with Crippen molar-refractivity contribution in [3.8, 4) is 0 Å². The van der Waals surface area contributed by atoms with Gasteiger partial charge in [0, 0.05) is 17.1 Å². The fourth-order valence-electron chi connectivity index (χ4n) is 2.76. The molecule has 0 unspecified atom stereocenters. The number of hydrogen-bond donors (Lipinski definition) is 5. The molecule has 5 N–H and O–H groups in total. The lowest BCUT2D eigenvalue weighted by Gasteiger charge is -2.12. The third-order valence-electron chi connectivity index (χ3n) is 4.29. The molecule has 4 aromatic rings. The summed E-state index contributed by atoms with van der Waals surface area (Å²) in [5, 5.41) is 9.00. The van der Waals surface area contributed by atoms with Crippen LogP contribution in [0, 0.1) is 6.92 Å². The van der Waals surface area contributed by atoms with Gasteiger partial charge in [-0.1, -0.05) is 54.1 Å². The number of amides is 2. The van der Waals surface area contributed by atoms with E-state index in [9.17, 15) is 4.79 Å². The summed E-state index contributed by atoms with van der Waals surface area (Å²) in [7, 11) is 0. The van der Waals surface area contributed by atoms with Gasteiger partial charge >= 0.3 is 6.03 Å². The SMILES string of the molecule is Cc1ccc(NC(=O)NNc2nc(Nc3ccccc3)nc(Nc3ccccc3)n2)cc1. The van der Waals surface area contributed by atoms with Crippen LogP contribution < -0.4 is 26.8 Å². The van der Waals surface area contributed by atoms with Crippen LogP contribution in [0.15, 0.2) is 84.9 Å². The van der Waals surface area contributed by atoms with E-state index >= 15 is 0 Å². The van der Waals surface area contributed by atoms with Crippen molar-refractivity contribution in [2.24, 2.45) is 0 Å². The molecule has 9 heteroatoms. The van der Waals surface area contributed by atoms with Crippen molar-refractivity contribution in [2.75, 3.05) is 21.4 Å². The minimum atomic E-state index is -0.454. The van der Waals surface area contributed by atoms with E-state index < -0.39 is 6.03 Å². The Balaban J connectivity index is 1.48. The topological polar surface area (TPSA) is 116 Å². The first-order chi connectivity index (χ1) is 15.6. The Kier molecular flexibility index (Phi) is 6.37. The van der Waals surface area contributed by atoms with Crippen LogP contribution in [0.25, 0.3) is 0 Å². The summed E-state index contributed by atoms with van der Waals surface area (Å²) in [4.78, 5) is 25.3. The molecule has 0 aliphatic heterocycles. The van der Waals surface area contributed by atoms with Gasteiger partial charge in [0.15, 0.2) is 0 Å². The summed E-state index contributed by atoms with van der Waals surface area (Å²) in [6.07, 6.45) is 0. The summed E-state index contributed by atoms with van der Waals surface area (Å²) in [5.74, 6) is 0.789. The Labute approximate surface area is 185 Å². The zero-order valence-electron chi connectivity index (χ0n) is 17.3. The first-order valence-electron chi connectivity index (χ1n) is 9.94. The van der Waals surface area contributed by atoms with Gasteiger partial charge in [0.05, 0.1) is 0 Å². The Morgan fingerprint density at radius 3 is 1.66 bits per heavy atom. The number of para-hydroxylation sites is 2. The first kappa shape index (κ1) is 20.6. The number of nitrogens with one attached hydrogen (secondary N) is 5. The van der Waals surface area contributed by atoms with Crippen molar-refractivity contribution in [1.82, 2.24) is 20.4 Å². The second-order valence-corrected chi connectivity index (χ2v) is 6.86. The average Bonchev–Trinajstić information content (AvgIpc) is 2.80. The number of carbonyl (C=O) groups is 1. The fraction of sp³-hybridized carbons (Fsp3) is 0.0435. The van der Waals surface area contributed by atoms with E-state index in [0.29, 0.717) is 17.6 Å². The minimum Gasteiger partial charge on any atom is -0.324 e. The molecule has 0 spiro atoms. The second-order valence-electron chi connectivity index (χ2n) is 6.86.